The van der Waals surface area contributed by atoms with Gasteiger partial charge in [-0.3, -0.25) is 0 Å². The molecule has 0 radical (unpaired) electrons. The van der Waals surface area contributed by atoms with E-state index in [1.165, 1.54) is 0 Å². The molecule has 0 aliphatic rings. The predicted molar refractivity (Wildman–Crippen MR) is 68.7 cm³/mol. The molecule has 90 valence electrons. The molecule has 0 fully saturated rings. The summed E-state index contributed by atoms with van der Waals surface area (Å²) in [6, 6.07) is 14.7. The Morgan fingerprint density at radius 1 is 1.06 bits per heavy atom. The van der Waals surface area contributed by atoms with Crippen LogP contribution in [0.25, 0.3) is 11.0 Å². The van der Waals surface area contributed by atoms with E-state index in [0.29, 0.717) is 12.2 Å². The highest BCUT2D eigenvalue weighted by molar-refractivity contribution is 5.82. The zero-order chi connectivity index (χ0) is 12.4. The third-order valence-electron chi connectivity index (χ3n) is 2.78. The number of benzene rings is 2. The van der Waals surface area contributed by atoms with E-state index in [9.17, 15) is 5.11 Å². The van der Waals surface area contributed by atoms with Gasteiger partial charge in [0.05, 0.1) is 6.26 Å². The van der Waals surface area contributed by atoms with Crippen molar-refractivity contribution in [3.8, 4) is 11.5 Å². The molecular weight excluding hydrogens is 228 g/mol. The highest BCUT2D eigenvalue weighted by Crippen LogP contribution is 2.25. The molecule has 1 aromatic heterocycles. The first-order valence-electron chi connectivity index (χ1n) is 5.70. The molecular formula is C15H12O3. The number of para-hydroxylation sites is 1. The lowest BCUT2D eigenvalue weighted by molar-refractivity contribution is 0.306. The Hall–Kier alpha value is -2.42. The van der Waals surface area contributed by atoms with Gasteiger partial charge in [0.15, 0.2) is 0 Å². The van der Waals surface area contributed by atoms with Gasteiger partial charge in [0, 0.05) is 17.0 Å². The lowest BCUT2D eigenvalue weighted by Gasteiger charge is -2.04. The van der Waals surface area contributed by atoms with Crippen molar-refractivity contribution in [1.82, 2.24) is 0 Å². The molecule has 1 N–H and O–H groups in total. The van der Waals surface area contributed by atoms with Crippen molar-refractivity contribution < 1.29 is 14.3 Å². The molecule has 0 aliphatic heterocycles. The molecule has 0 saturated heterocycles. The van der Waals surface area contributed by atoms with Crippen molar-refractivity contribution in [1.29, 1.82) is 0 Å². The van der Waals surface area contributed by atoms with Crippen LogP contribution >= 0.6 is 0 Å². The lowest BCUT2D eigenvalue weighted by Crippen LogP contribution is -1.93. The fraction of sp³-hybridized carbons (Fsp3) is 0.0667. The average molecular weight is 240 g/mol. The number of rotatable bonds is 3. The molecule has 0 saturated carbocycles. The highest BCUT2D eigenvalue weighted by Gasteiger charge is 2.07. The summed E-state index contributed by atoms with van der Waals surface area (Å²) >= 11 is 0. The number of furan rings is 1. The molecule has 3 rings (SSSR count). The molecule has 1 heterocycles. The standard InChI is InChI=1S/C15H12O3/c16-12-6-7-14-11(10-18-15(14)8-12)9-17-13-4-2-1-3-5-13/h1-8,10,16H,9H2. The molecule has 0 unspecified atom stereocenters. The molecule has 2 aromatic carbocycles. The van der Waals surface area contributed by atoms with Crippen LogP contribution < -0.4 is 4.74 Å². The SMILES string of the molecule is Oc1ccc2c(COc3ccccc3)coc2c1. The summed E-state index contributed by atoms with van der Waals surface area (Å²) in [5.41, 5.74) is 1.63. The van der Waals surface area contributed by atoms with E-state index in [0.717, 1.165) is 16.7 Å². The molecule has 3 aromatic rings. The van der Waals surface area contributed by atoms with Gasteiger partial charge in [-0.05, 0) is 24.3 Å². The second kappa shape index (κ2) is 4.45. The smallest absolute Gasteiger partial charge is 0.137 e. The Kier molecular flexibility index (Phi) is 2.65. The number of hydrogen-bond acceptors (Lipinski definition) is 3. The van der Waals surface area contributed by atoms with Crippen molar-refractivity contribution in [3.05, 3.63) is 60.4 Å². The van der Waals surface area contributed by atoms with Crippen LogP contribution in [-0.2, 0) is 6.61 Å². The maximum Gasteiger partial charge on any atom is 0.137 e. The Morgan fingerprint density at radius 2 is 1.89 bits per heavy atom. The molecule has 3 nitrogen and oxygen atoms in total. The normalized spacial score (nSPS) is 10.7. The first-order chi connectivity index (χ1) is 8.83. The van der Waals surface area contributed by atoms with Crippen molar-refractivity contribution in [2.75, 3.05) is 0 Å². The molecule has 18 heavy (non-hydrogen) atoms. The van der Waals surface area contributed by atoms with Gasteiger partial charge in [0.25, 0.3) is 0 Å². The molecule has 0 atom stereocenters. The minimum Gasteiger partial charge on any atom is -0.508 e. The van der Waals surface area contributed by atoms with Gasteiger partial charge >= 0.3 is 0 Å². The topological polar surface area (TPSA) is 42.6 Å². The summed E-state index contributed by atoms with van der Waals surface area (Å²) in [5, 5.41) is 10.3. The minimum atomic E-state index is 0.201. The second-order valence-corrected chi connectivity index (χ2v) is 4.04. The summed E-state index contributed by atoms with van der Waals surface area (Å²) in [6.45, 7) is 0.446. The third kappa shape index (κ3) is 2.02. The van der Waals surface area contributed by atoms with Crippen LogP contribution in [0.3, 0.4) is 0 Å². The van der Waals surface area contributed by atoms with Crippen molar-refractivity contribution in [3.63, 3.8) is 0 Å². The van der Waals surface area contributed by atoms with E-state index in [4.69, 9.17) is 9.15 Å². The van der Waals surface area contributed by atoms with Crippen LogP contribution in [0.4, 0.5) is 0 Å². The second-order valence-electron chi connectivity index (χ2n) is 4.04. The van der Waals surface area contributed by atoms with E-state index in [2.05, 4.69) is 0 Å². The molecule has 0 amide bonds. The maximum absolute atomic E-state index is 9.36. The summed E-state index contributed by atoms with van der Waals surface area (Å²) in [4.78, 5) is 0. The van der Waals surface area contributed by atoms with Crippen molar-refractivity contribution >= 4 is 11.0 Å². The Bertz CT molecular complexity index is 656. The molecule has 3 heteroatoms. The van der Waals surface area contributed by atoms with E-state index < -0.39 is 0 Å². The van der Waals surface area contributed by atoms with E-state index in [1.807, 2.05) is 36.4 Å². The minimum absolute atomic E-state index is 0.201. The van der Waals surface area contributed by atoms with Crippen molar-refractivity contribution in [2.45, 2.75) is 6.61 Å². The van der Waals surface area contributed by atoms with Crippen LogP contribution in [0.2, 0.25) is 0 Å². The van der Waals surface area contributed by atoms with Crippen LogP contribution in [-0.4, -0.2) is 5.11 Å². The van der Waals surface area contributed by atoms with Crippen LogP contribution in [0.15, 0.2) is 59.2 Å². The van der Waals surface area contributed by atoms with Crippen LogP contribution in [0.1, 0.15) is 5.56 Å². The van der Waals surface area contributed by atoms with E-state index in [1.54, 1.807) is 18.4 Å². The van der Waals surface area contributed by atoms with Gasteiger partial charge in [-0.1, -0.05) is 18.2 Å². The van der Waals surface area contributed by atoms with Gasteiger partial charge in [-0.2, -0.15) is 0 Å². The summed E-state index contributed by atoms with van der Waals surface area (Å²) in [7, 11) is 0. The summed E-state index contributed by atoms with van der Waals surface area (Å²) < 4.78 is 11.0. The fourth-order valence-corrected chi connectivity index (χ4v) is 1.86. The quantitative estimate of drug-likeness (QED) is 0.758. The fourth-order valence-electron chi connectivity index (χ4n) is 1.86. The first-order valence-corrected chi connectivity index (χ1v) is 5.70. The molecule has 0 spiro atoms. The first kappa shape index (κ1) is 10.7. The van der Waals surface area contributed by atoms with Crippen molar-refractivity contribution in [2.24, 2.45) is 0 Å². The van der Waals surface area contributed by atoms with E-state index in [-0.39, 0.29) is 5.75 Å². The number of fused-ring (bicyclic) bond motifs is 1. The zero-order valence-electron chi connectivity index (χ0n) is 9.67. The monoisotopic (exact) mass is 240 g/mol. The molecule has 0 bridgehead atoms. The summed E-state index contributed by atoms with van der Waals surface area (Å²) in [6.07, 6.45) is 1.66. The van der Waals surface area contributed by atoms with Gasteiger partial charge in [-0.25, -0.2) is 0 Å². The van der Waals surface area contributed by atoms with E-state index >= 15 is 0 Å². The van der Waals surface area contributed by atoms with Gasteiger partial charge < -0.3 is 14.3 Å². The van der Waals surface area contributed by atoms with Gasteiger partial charge in [-0.15, -0.1) is 0 Å². The highest BCUT2D eigenvalue weighted by atomic mass is 16.5. The number of aromatic hydroxyl groups is 1. The number of hydrogen-bond donors (Lipinski definition) is 1. The predicted octanol–water partition coefficient (Wildman–Crippen LogP) is 3.72. The van der Waals surface area contributed by atoms with Crippen LogP contribution in [0, 0.1) is 0 Å². The molecule has 0 aliphatic carbocycles. The Morgan fingerprint density at radius 3 is 2.72 bits per heavy atom. The van der Waals surface area contributed by atoms with Gasteiger partial charge in [0.1, 0.15) is 23.7 Å². The Labute approximate surface area is 104 Å². The Balaban J connectivity index is 1.83. The van der Waals surface area contributed by atoms with Gasteiger partial charge in [0.2, 0.25) is 0 Å². The number of phenols is 1. The number of ether oxygens (including phenoxy) is 1. The van der Waals surface area contributed by atoms with Crippen LogP contribution in [0.5, 0.6) is 11.5 Å². The zero-order valence-corrected chi connectivity index (χ0v) is 9.67. The third-order valence-corrected chi connectivity index (χ3v) is 2.78. The average Bonchev–Trinajstić information content (AvgIpc) is 2.80. The summed E-state index contributed by atoms with van der Waals surface area (Å²) in [5.74, 6) is 1.03. The largest absolute Gasteiger partial charge is 0.508 e. The maximum atomic E-state index is 9.36. The lowest BCUT2D eigenvalue weighted by atomic mass is 10.2. The number of phenolic OH excluding ortho intramolecular Hbond substituents is 1.